The summed E-state index contributed by atoms with van der Waals surface area (Å²) in [6.07, 6.45) is 7.11. The summed E-state index contributed by atoms with van der Waals surface area (Å²) in [5.41, 5.74) is 2.00. The van der Waals surface area contributed by atoms with Crippen LogP contribution in [-0.4, -0.2) is 37.4 Å². The lowest BCUT2D eigenvalue weighted by atomic mass is 10.2. The zero-order chi connectivity index (χ0) is 16.8. The number of carbonyl (C=O) groups excluding carboxylic acids is 1. The molecule has 2 heterocycles. The third-order valence-electron chi connectivity index (χ3n) is 3.34. The van der Waals surface area contributed by atoms with Gasteiger partial charge in [0.15, 0.2) is 5.69 Å². The van der Waals surface area contributed by atoms with Crippen LogP contribution in [0.2, 0.25) is 5.02 Å². The highest BCUT2D eigenvalue weighted by Gasteiger charge is 2.11. The molecule has 7 nitrogen and oxygen atoms in total. The highest BCUT2D eigenvalue weighted by molar-refractivity contribution is 6.31. The Balaban J connectivity index is 1.55. The molecule has 0 fully saturated rings. The van der Waals surface area contributed by atoms with Gasteiger partial charge in [0.2, 0.25) is 0 Å². The first-order chi connectivity index (χ1) is 11.7. The summed E-state index contributed by atoms with van der Waals surface area (Å²) in [7, 11) is 0. The third kappa shape index (κ3) is 4.14. The van der Waals surface area contributed by atoms with Crippen LogP contribution in [0.3, 0.4) is 0 Å². The van der Waals surface area contributed by atoms with E-state index in [-0.39, 0.29) is 11.6 Å². The average Bonchev–Trinajstić information content (AvgIpc) is 3.07. The number of amides is 1. The second kappa shape index (κ2) is 7.65. The van der Waals surface area contributed by atoms with Gasteiger partial charge in [0, 0.05) is 36.6 Å². The fourth-order valence-corrected chi connectivity index (χ4v) is 2.33. The molecular formula is C16H15ClN6O. The molecule has 0 bridgehead atoms. The molecule has 0 saturated heterocycles. The number of halogens is 1. The summed E-state index contributed by atoms with van der Waals surface area (Å²) >= 11 is 6.12. The Kier molecular flexibility index (Phi) is 5.12. The largest absolute Gasteiger partial charge is 0.350 e. The molecule has 3 rings (SSSR count). The van der Waals surface area contributed by atoms with E-state index in [9.17, 15) is 4.79 Å². The van der Waals surface area contributed by atoms with Gasteiger partial charge in [-0.1, -0.05) is 35.0 Å². The molecule has 0 aliphatic rings. The maximum absolute atomic E-state index is 12.1. The molecule has 24 heavy (non-hydrogen) atoms. The van der Waals surface area contributed by atoms with Crippen LogP contribution in [0.5, 0.6) is 0 Å². The van der Waals surface area contributed by atoms with E-state index < -0.39 is 0 Å². The molecule has 8 heteroatoms. The summed E-state index contributed by atoms with van der Waals surface area (Å²) in [6.45, 7) is 0.911. The fraction of sp³-hybridized carbons (Fsp3) is 0.188. The first-order valence-electron chi connectivity index (χ1n) is 7.39. The van der Waals surface area contributed by atoms with Crippen molar-refractivity contribution in [3.05, 3.63) is 71.0 Å². The van der Waals surface area contributed by atoms with Gasteiger partial charge in [-0.3, -0.25) is 14.8 Å². The average molecular weight is 343 g/mol. The quantitative estimate of drug-likeness (QED) is 0.737. The molecule has 1 N–H and O–H groups in total. The van der Waals surface area contributed by atoms with Gasteiger partial charge in [-0.15, -0.1) is 5.10 Å². The Morgan fingerprint density at radius 1 is 1.25 bits per heavy atom. The van der Waals surface area contributed by atoms with Gasteiger partial charge in [-0.2, -0.15) is 0 Å². The molecule has 0 atom stereocenters. The lowest BCUT2D eigenvalue weighted by molar-refractivity contribution is 0.0949. The van der Waals surface area contributed by atoms with Crippen molar-refractivity contribution in [2.24, 2.45) is 0 Å². The molecule has 0 aliphatic carbocycles. The Morgan fingerprint density at radius 3 is 2.92 bits per heavy atom. The Labute approximate surface area is 143 Å². The van der Waals surface area contributed by atoms with E-state index in [4.69, 9.17) is 11.6 Å². The number of nitrogens with zero attached hydrogens (tertiary/aromatic N) is 5. The second-order valence-corrected chi connectivity index (χ2v) is 5.50. The van der Waals surface area contributed by atoms with Crippen LogP contribution < -0.4 is 5.32 Å². The predicted octanol–water partition coefficient (Wildman–Crippen LogP) is 1.74. The van der Waals surface area contributed by atoms with Crippen LogP contribution in [0.1, 0.15) is 21.7 Å². The van der Waals surface area contributed by atoms with E-state index in [1.165, 1.54) is 0 Å². The molecule has 122 valence electrons. The second-order valence-electron chi connectivity index (χ2n) is 5.10. The van der Waals surface area contributed by atoms with Crippen molar-refractivity contribution in [3.8, 4) is 0 Å². The summed E-state index contributed by atoms with van der Waals surface area (Å²) in [4.78, 5) is 20.2. The lowest BCUT2D eigenvalue weighted by Gasteiger charge is -2.03. The molecule has 0 aliphatic heterocycles. The Bertz CT molecular complexity index is 820. The summed E-state index contributed by atoms with van der Waals surface area (Å²) < 4.78 is 1.58. The van der Waals surface area contributed by atoms with Crippen LogP contribution in [0, 0.1) is 0 Å². The van der Waals surface area contributed by atoms with Crippen molar-refractivity contribution < 1.29 is 4.79 Å². The highest BCUT2D eigenvalue weighted by Crippen LogP contribution is 2.15. The van der Waals surface area contributed by atoms with Crippen molar-refractivity contribution in [1.82, 2.24) is 30.3 Å². The van der Waals surface area contributed by atoms with Gasteiger partial charge in [0.1, 0.15) is 0 Å². The highest BCUT2D eigenvalue weighted by atomic mass is 35.5. The third-order valence-corrected chi connectivity index (χ3v) is 3.71. The molecule has 0 unspecified atom stereocenters. The molecule has 0 radical (unpaired) electrons. The molecule has 0 saturated carbocycles. The Hall–Kier alpha value is -2.80. The van der Waals surface area contributed by atoms with Crippen molar-refractivity contribution in [2.75, 3.05) is 6.54 Å². The van der Waals surface area contributed by atoms with Gasteiger partial charge in [-0.25, -0.2) is 4.68 Å². The predicted molar refractivity (Wildman–Crippen MR) is 88.6 cm³/mol. The van der Waals surface area contributed by atoms with Crippen LogP contribution in [0.25, 0.3) is 0 Å². The number of benzene rings is 1. The van der Waals surface area contributed by atoms with Gasteiger partial charge in [0.25, 0.3) is 5.91 Å². The first-order valence-corrected chi connectivity index (χ1v) is 7.77. The van der Waals surface area contributed by atoms with Crippen LogP contribution in [0.15, 0.2) is 49.1 Å². The molecule has 1 aromatic carbocycles. The maximum Gasteiger partial charge on any atom is 0.273 e. The van der Waals surface area contributed by atoms with Crippen molar-refractivity contribution in [2.45, 2.75) is 13.0 Å². The van der Waals surface area contributed by atoms with E-state index in [0.717, 1.165) is 11.3 Å². The Morgan fingerprint density at radius 2 is 2.12 bits per heavy atom. The van der Waals surface area contributed by atoms with Crippen molar-refractivity contribution in [1.29, 1.82) is 0 Å². The SMILES string of the molecule is O=C(NCCc1cnccn1)c1cn(Cc2ccccc2Cl)nn1. The minimum absolute atomic E-state index is 0.265. The normalized spacial score (nSPS) is 10.5. The minimum atomic E-state index is -0.274. The van der Waals surface area contributed by atoms with Crippen molar-refractivity contribution in [3.63, 3.8) is 0 Å². The van der Waals surface area contributed by atoms with Gasteiger partial charge in [0.05, 0.1) is 18.4 Å². The topological polar surface area (TPSA) is 85.6 Å². The summed E-state index contributed by atoms with van der Waals surface area (Å²) in [5, 5.41) is 11.3. The maximum atomic E-state index is 12.1. The van der Waals surface area contributed by atoms with Gasteiger partial charge >= 0.3 is 0 Å². The van der Waals surface area contributed by atoms with E-state index in [2.05, 4.69) is 25.6 Å². The molecule has 1 amide bonds. The molecule has 0 spiro atoms. The van der Waals surface area contributed by atoms with E-state index in [1.54, 1.807) is 29.5 Å². The zero-order valence-electron chi connectivity index (χ0n) is 12.8. The van der Waals surface area contributed by atoms with Crippen LogP contribution in [0.4, 0.5) is 0 Å². The lowest BCUT2D eigenvalue weighted by Crippen LogP contribution is -2.26. The number of hydrogen-bond donors (Lipinski definition) is 1. The van der Waals surface area contributed by atoms with E-state index >= 15 is 0 Å². The number of carbonyl (C=O) groups is 1. The molecule has 2 aromatic heterocycles. The number of rotatable bonds is 6. The number of hydrogen-bond acceptors (Lipinski definition) is 5. The standard InChI is InChI=1S/C16H15ClN6O/c17-14-4-2-1-3-12(14)10-23-11-15(21-22-23)16(24)20-6-5-13-9-18-7-8-19-13/h1-4,7-9,11H,5-6,10H2,(H,20,24). The summed E-state index contributed by atoms with van der Waals surface area (Å²) in [5.74, 6) is -0.274. The molecule has 3 aromatic rings. The van der Waals surface area contributed by atoms with E-state index in [1.807, 2.05) is 24.3 Å². The smallest absolute Gasteiger partial charge is 0.273 e. The minimum Gasteiger partial charge on any atom is -0.350 e. The summed E-state index contributed by atoms with van der Waals surface area (Å²) in [6, 6.07) is 7.49. The molecular weight excluding hydrogens is 328 g/mol. The van der Waals surface area contributed by atoms with Crippen LogP contribution >= 0.6 is 11.6 Å². The van der Waals surface area contributed by atoms with Crippen LogP contribution in [-0.2, 0) is 13.0 Å². The number of aromatic nitrogens is 5. The monoisotopic (exact) mass is 342 g/mol. The zero-order valence-corrected chi connectivity index (χ0v) is 13.5. The van der Waals surface area contributed by atoms with Gasteiger partial charge in [-0.05, 0) is 11.6 Å². The van der Waals surface area contributed by atoms with Gasteiger partial charge < -0.3 is 5.32 Å². The van der Waals surface area contributed by atoms with E-state index in [0.29, 0.717) is 24.5 Å². The van der Waals surface area contributed by atoms with Crippen molar-refractivity contribution >= 4 is 17.5 Å². The number of nitrogens with one attached hydrogen (secondary N) is 1. The first kappa shape index (κ1) is 16.1. The fourth-order valence-electron chi connectivity index (χ4n) is 2.13.